The van der Waals surface area contributed by atoms with Gasteiger partial charge in [0.1, 0.15) is 0 Å². The van der Waals surface area contributed by atoms with Gasteiger partial charge in [0.25, 0.3) is 0 Å². The number of carboxylic acids is 1. The van der Waals surface area contributed by atoms with Crippen LogP contribution in [0.5, 0.6) is 0 Å². The fourth-order valence-corrected chi connectivity index (χ4v) is 0.561. The van der Waals surface area contributed by atoms with Crippen molar-refractivity contribution in [3.05, 3.63) is 23.9 Å². The van der Waals surface area contributed by atoms with Crippen LogP contribution in [-0.4, -0.2) is 11.1 Å². The summed E-state index contributed by atoms with van der Waals surface area (Å²) in [6.07, 6.45) is 1.83. The van der Waals surface area contributed by atoms with Crippen LogP contribution in [0.3, 0.4) is 0 Å². The molecule has 0 atom stereocenters. The molecule has 0 fully saturated rings. The van der Waals surface area contributed by atoms with Gasteiger partial charge in [0, 0.05) is 5.70 Å². The van der Waals surface area contributed by atoms with Crippen LogP contribution in [0.15, 0.2) is 23.9 Å². The summed E-state index contributed by atoms with van der Waals surface area (Å²) in [6.45, 7) is 4.97. The van der Waals surface area contributed by atoms with Gasteiger partial charge in [-0.25, -0.2) is 4.79 Å². The van der Waals surface area contributed by atoms with E-state index in [-0.39, 0.29) is 5.57 Å². The van der Waals surface area contributed by atoms with Gasteiger partial charge >= 0.3 is 5.97 Å². The van der Waals surface area contributed by atoms with E-state index in [4.69, 9.17) is 10.8 Å². The van der Waals surface area contributed by atoms with E-state index in [2.05, 4.69) is 6.58 Å². The number of carboxylic acid groups (broad SMARTS) is 1. The molecule has 0 aromatic rings. The Morgan fingerprint density at radius 2 is 2.30 bits per heavy atom. The minimum Gasteiger partial charge on any atom is -0.478 e. The van der Waals surface area contributed by atoms with E-state index in [1.807, 2.05) is 0 Å². The zero-order valence-electron chi connectivity index (χ0n) is 5.92. The van der Waals surface area contributed by atoms with Gasteiger partial charge in [0.05, 0.1) is 5.57 Å². The molecule has 3 heteroatoms. The number of aliphatic carboxylic acids is 1. The van der Waals surface area contributed by atoms with Crippen molar-refractivity contribution in [2.24, 2.45) is 5.73 Å². The Kier molecular flexibility index (Phi) is 3.25. The van der Waals surface area contributed by atoms with Crippen LogP contribution >= 0.6 is 0 Å². The second kappa shape index (κ2) is 3.71. The van der Waals surface area contributed by atoms with Crippen LogP contribution in [-0.2, 0) is 4.79 Å². The van der Waals surface area contributed by atoms with Crippen molar-refractivity contribution >= 4 is 5.97 Å². The minimum atomic E-state index is -0.972. The van der Waals surface area contributed by atoms with Crippen LogP contribution in [0.25, 0.3) is 0 Å². The Labute approximate surface area is 59.8 Å². The molecule has 0 radical (unpaired) electrons. The van der Waals surface area contributed by atoms with Gasteiger partial charge in [-0.3, -0.25) is 0 Å². The van der Waals surface area contributed by atoms with E-state index >= 15 is 0 Å². The lowest BCUT2D eigenvalue weighted by molar-refractivity contribution is -0.132. The topological polar surface area (TPSA) is 63.3 Å². The van der Waals surface area contributed by atoms with Crippen molar-refractivity contribution in [3.63, 3.8) is 0 Å². The Bertz CT molecular complexity index is 178. The average molecular weight is 141 g/mol. The quantitative estimate of drug-likeness (QED) is 0.453. The predicted octanol–water partition coefficient (Wildman–Crippen LogP) is 0.880. The summed E-state index contributed by atoms with van der Waals surface area (Å²) in [5.41, 5.74) is 5.83. The molecule has 0 rings (SSSR count). The highest BCUT2D eigenvalue weighted by Crippen LogP contribution is 2.04. The molecule has 0 unspecified atom stereocenters. The van der Waals surface area contributed by atoms with E-state index in [1.165, 1.54) is 6.08 Å². The molecule has 3 nitrogen and oxygen atoms in total. The summed E-state index contributed by atoms with van der Waals surface area (Å²) < 4.78 is 0. The van der Waals surface area contributed by atoms with Crippen molar-refractivity contribution in [1.29, 1.82) is 0 Å². The zero-order chi connectivity index (χ0) is 8.15. The van der Waals surface area contributed by atoms with Gasteiger partial charge in [0.2, 0.25) is 0 Å². The van der Waals surface area contributed by atoms with Gasteiger partial charge in [-0.2, -0.15) is 0 Å². The van der Waals surface area contributed by atoms with Crippen molar-refractivity contribution in [1.82, 2.24) is 0 Å². The summed E-state index contributed by atoms with van der Waals surface area (Å²) >= 11 is 0. The van der Waals surface area contributed by atoms with E-state index in [1.54, 1.807) is 6.92 Å². The largest absolute Gasteiger partial charge is 0.478 e. The molecule has 0 saturated carbocycles. The van der Waals surface area contributed by atoms with Crippen molar-refractivity contribution in [2.75, 3.05) is 0 Å². The molecule has 10 heavy (non-hydrogen) atoms. The van der Waals surface area contributed by atoms with Gasteiger partial charge in [-0.15, -0.1) is 6.58 Å². The first-order chi connectivity index (χ1) is 4.59. The summed E-state index contributed by atoms with van der Waals surface area (Å²) in [5.74, 6) is -0.972. The highest BCUT2D eigenvalue weighted by atomic mass is 16.4. The van der Waals surface area contributed by atoms with Crippen molar-refractivity contribution in [3.8, 4) is 0 Å². The predicted molar refractivity (Wildman–Crippen MR) is 39.3 cm³/mol. The minimum absolute atomic E-state index is 0.218. The lowest BCUT2D eigenvalue weighted by Crippen LogP contribution is -2.07. The second-order valence-electron chi connectivity index (χ2n) is 1.96. The van der Waals surface area contributed by atoms with Crippen LogP contribution < -0.4 is 5.73 Å². The summed E-state index contributed by atoms with van der Waals surface area (Å²) in [5, 5.41) is 8.49. The summed E-state index contributed by atoms with van der Waals surface area (Å²) in [6, 6.07) is 0. The maximum atomic E-state index is 10.3. The molecule has 0 saturated heterocycles. The standard InChI is InChI=1S/C7H11NO2/c1-3-4-6(5(2)8)7(9)10/h3H,1,4,8H2,2H3,(H,9,10)/b6-5-. The average Bonchev–Trinajstić information content (AvgIpc) is 1.81. The zero-order valence-corrected chi connectivity index (χ0v) is 5.92. The number of carbonyl (C=O) groups is 1. The Balaban J connectivity index is 4.42. The molecular formula is C7H11NO2. The van der Waals surface area contributed by atoms with E-state index < -0.39 is 5.97 Å². The molecular weight excluding hydrogens is 130 g/mol. The third-order valence-electron chi connectivity index (χ3n) is 1.08. The van der Waals surface area contributed by atoms with Crippen LogP contribution in [0.2, 0.25) is 0 Å². The number of nitrogens with two attached hydrogens (primary N) is 1. The smallest absolute Gasteiger partial charge is 0.333 e. The fraction of sp³-hybridized carbons (Fsp3) is 0.286. The molecule has 56 valence electrons. The summed E-state index contributed by atoms with van der Waals surface area (Å²) in [4.78, 5) is 10.3. The van der Waals surface area contributed by atoms with E-state index in [0.29, 0.717) is 12.1 Å². The molecule has 0 aromatic carbocycles. The van der Waals surface area contributed by atoms with Crippen molar-refractivity contribution in [2.45, 2.75) is 13.3 Å². The molecule has 0 heterocycles. The molecule has 3 N–H and O–H groups in total. The molecule has 0 bridgehead atoms. The summed E-state index contributed by atoms with van der Waals surface area (Å²) in [7, 11) is 0. The van der Waals surface area contributed by atoms with Crippen LogP contribution in [0, 0.1) is 0 Å². The van der Waals surface area contributed by atoms with Crippen LogP contribution in [0.4, 0.5) is 0 Å². The lowest BCUT2D eigenvalue weighted by Gasteiger charge is -1.98. The highest BCUT2D eigenvalue weighted by molar-refractivity contribution is 5.87. The molecule has 0 amide bonds. The van der Waals surface area contributed by atoms with Crippen LogP contribution in [0.1, 0.15) is 13.3 Å². The molecule has 0 aliphatic rings. The maximum absolute atomic E-state index is 10.3. The Hall–Kier alpha value is -1.25. The van der Waals surface area contributed by atoms with E-state index in [0.717, 1.165) is 0 Å². The Morgan fingerprint density at radius 3 is 2.40 bits per heavy atom. The van der Waals surface area contributed by atoms with E-state index in [9.17, 15) is 4.79 Å². The first-order valence-corrected chi connectivity index (χ1v) is 2.89. The van der Waals surface area contributed by atoms with Gasteiger partial charge in [-0.05, 0) is 13.3 Å². The second-order valence-corrected chi connectivity index (χ2v) is 1.96. The third kappa shape index (κ3) is 2.35. The third-order valence-corrected chi connectivity index (χ3v) is 1.08. The van der Waals surface area contributed by atoms with Crippen molar-refractivity contribution < 1.29 is 9.90 Å². The van der Waals surface area contributed by atoms with Gasteiger partial charge < -0.3 is 10.8 Å². The lowest BCUT2D eigenvalue weighted by atomic mass is 10.1. The highest BCUT2D eigenvalue weighted by Gasteiger charge is 2.06. The molecule has 0 aromatic heterocycles. The fourth-order valence-electron chi connectivity index (χ4n) is 0.561. The van der Waals surface area contributed by atoms with Gasteiger partial charge in [-0.1, -0.05) is 6.08 Å². The molecule has 0 spiro atoms. The SMILES string of the molecule is C=CC/C(C(=O)O)=C(\C)N. The normalized spacial score (nSPS) is 12.1. The number of allylic oxidation sites excluding steroid dienone is 2. The number of rotatable bonds is 3. The first-order valence-electron chi connectivity index (χ1n) is 2.89. The first kappa shape index (κ1) is 8.75. The number of hydrogen-bond acceptors (Lipinski definition) is 2. The molecule has 0 aliphatic heterocycles. The maximum Gasteiger partial charge on any atom is 0.333 e. The van der Waals surface area contributed by atoms with Gasteiger partial charge in [0.15, 0.2) is 0 Å². The molecule has 0 aliphatic carbocycles. The monoisotopic (exact) mass is 141 g/mol. The Morgan fingerprint density at radius 1 is 1.80 bits per heavy atom. The number of hydrogen-bond donors (Lipinski definition) is 2.